The van der Waals surface area contributed by atoms with Crippen LogP contribution in [0, 0.1) is 0 Å². The van der Waals surface area contributed by atoms with Crippen LogP contribution in [0.2, 0.25) is 0 Å². The Hall–Kier alpha value is -2.55. The van der Waals surface area contributed by atoms with Gasteiger partial charge in [0.2, 0.25) is 0 Å². The highest BCUT2D eigenvalue weighted by Gasteiger charge is 2.54. The number of halogens is 1. The summed E-state index contributed by atoms with van der Waals surface area (Å²) in [7, 11) is -2.29. The van der Waals surface area contributed by atoms with Crippen molar-refractivity contribution in [1.29, 1.82) is 0 Å². The smallest absolute Gasteiger partial charge is 0.176 e. The van der Waals surface area contributed by atoms with Crippen LogP contribution in [-0.4, -0.2) is 21.0 Å². The fourth-order valence-electron chi connectivity index (χ4n) is 7.30. The molecule has 1 heterocycles. The predicted octanol–water partition coefficient (Wildman–Crippen LogP) is 7.64. The number of hydrogen-bond acceptors (Lipinski definition) is 2. The highest BCUT2D eigenvalue weighted by atomic mass is 79.9. The van der Waals surface area contributed by atoms with Crippen molar-refractivity contribution in [2.75, 3.05) is 0 Å². The second-order valence-corrected chi connectivity index (χ2v) is 16.6. The third kappa shape index (κ3) is 11.3. The number of nitrogens with zero attached hydrogens (tertiary/aromatic N) is 2. The van der Waals surface area contributed by atoms with E-state index in [0.717, 1.165) is 19.3 Å². The molecule has 2 atom stereocenters. The van der Waals surface area contributed by atoms with Gasteiger partial charge in [-0.05, 0) is 49.2 Å². The monoisotopic (exact) mass is 716 g/mol. The average Bonchev–Trinajstić information content (AvgIpc) is 3.65. The Kier molecular flexibility index (Phi) is 18.3. The third-order valence-electron chi connectivity index (χ3n) is 9.74. The Labute approximate surface area is 297 Å². The Morgan fingerprint density at radius 2 is 1.06 bits per heavy atom. The highest BCUT2D eigenvalue weighted by Crippen LogP contribution is 2.61. The molecule has 0 saturated carbocycles. The largest absolute Gasteiger partial charge is 1.00 e. The lowest BCUT2D eigenvalue weighted by Gasteiger charge is -2.34. The standard InChI is InChI=1S/C42H58N2OP.BrH/c1-3-5-6-7-8-9-10-11-12-13-14-15-19-26-37(44-34-33-43-36-44)35-41(45)42(4-2)46(38-27-20-16-21-28-38,39-29-22-17-23-30-39)40-31-24-18-25-32-40;/h16-18,20-25,27-34,36-37,42H,3-15,19,26,35H2,1-2H3;1H/q+1;/p-1. The SMILES string of the molecule is CCCCCCCCCCCCCCCC(CC(=O)C(CC)[P+](c1ccccc1)(c1ccccc1)c1ccccc1)n1ccnc1.[Br-]. The van der Waals surface area contributed by atoms with Gasteiger partial charge in [0.1, 0.15) is 28.8 Å². The summed E-state index contributed by atoms with van der Waals surface area (Å²) < 4.78 is 2.19. The van der Waals surface area contributed by atoms with Crippen molar-refractivity contribution >= 4 is 29.0 Å². The zero-order chi connectivity index (χ0) is 32.3. The fraction of sp³-hybridized carbons (Fsp3) is 0.476. The van der Waals surface area contributed by atoms with Crippen LogP contribution >= 0.6 is 7.26 Å². The van der Waals surface area contributed by atoms with Crippen LogP contribution in [0.15, 0.2) is 110 Å². The van der Waals surface area contributed by atoms with Crippen molar-refractivity contribution in [2.45, 2.75) is 128 Å². The van der Waals surface area contributed by atoms with E-state index in [0.29, 0.717) is 12.2 Å². The van der Waals surface area contributed by atoms with E-state index in [1.54, 1.807) is 0 Å². The van der Waals surface area contributed by atoms with Crippen molar-refractivity contribution in [3.05, 3.63) is 110 Å². The molecule has 0 aliphatic heterocycles. The number of benzene rings is 3. The van der Waals surface area contributed by atoms with Crippen molar-refractivity contribution in [3.8, 4) is 0 Å². The molecule has 0 bridgehead atoms. The van der Waals surface area contributed by atoms with Gasteiger partial charge in [-0.2, -0.15) is 0 Å². The molecule has 0 aliphatic rings. The molecule has 0 radical (unpaired) electrons. The molecule has 3 nitrogen and oxygen atoms in total. The molecule has 3 aromatic carbocycles. The lowest BCUT2D eigenvalue weighted by atomic mass is 9.99. The van der Waals surface area contributed by atoms with Gasteiger partial charge in [0.15, 0.2) is 5.78 Å². The Morgan fingerprint density at radius 1 is 0.638 bits per heavy atom. The van der Waals surface area contributed by atoms with Crippen molar-refractivity contribution < 1.29 is 21.8 Å². The molecule has 4 aromatic rings. The van der Waals surface area contributed by atoms with Crippen molar-refractivity contribution in [2.24, 2.45) is 0 Å². The van der Waals surface area contributed by atoms with E-state index in [2.05, 4.69) is 121 Å². The number of rotatable bonds is 23. The Morgan fingerprint density at radius 3 is 1.45 bits per heavy atom. The average molecular weight is 718 g/mol. The fourth-order valence-corrected chi connectivity index (χ4v) is 12.3. The molecular weight excluding hydrogens is 659 g/mol. The maximum Gasteiger partial charge on any atom is 0.176 e. The van der Waals surface area contributed by atoms with E-state index in [4.69, 9.17) is 0 Å². The van der Waals surface area contributed by atoms with Crippen LogP contribution in [0.5, 0.6) is 0 Å². The van der Waals surface area contributed by atoms with Crippen molar-refractivity contribution in [3.63, 3.8) is 0 Å². The summed E-state index contributed by atoms with van der Waals surface area (Å²) in [5.74, 6) is 0.376. The van der Waals surface area contributed by atoms with Gasteiger partial charge in [0.25, 0.3) is 0 Å². The first-order valence-corrected chi connectivity index (χ1v) is 20.1. The molecule has 0 aliphatic carbocycles. The van der Waals surface area contributed by atoms with Gasteiger partial charge in [0.05, 0.1) is 6.33 Å². The van der Waals surface area contributed by atoms with Gasteiger partial charge >= 0.3 is 0 Å². The molecule has 2 unspecified atom stereocenters. The predicted molar refractivity (Wildman–Crippen MR) is 200 cm³/mol. The van der Waals surface area contributed by atoms with Crippen LogP contribution in [0.25, 0.3) is 0 Å². The molecule has 47 heavy (non-hydrogen) atoms. The molecule has 5 heteroatoms. The molecule has 4 rings (SSSR count). The van der Waals surface area contributed by atoms with Crippen LogP contribution in [0.4, 0.5) is 0 Å². The van der Waals surface area contributed by atoms with Gasteiger partial charge in [-0.15, -0.1) is 0 Å². The molecular formula is C42H58BrN2OP. The summed E-state index contributed by atoms with van der Waals surface area (Å²) in [5.41, 5.74) is -0.0997. The second-order valence-electron chi connectivity index (χ2n) is 13.0. The van der Waals surface area contributed by atoms with Crippen LogP contribution < -0.4 is 32.9 Å². The molecule has 0 saturated heterocycles. The van der Waals surface area contributed by atoms with E-state index < -0.39 is 7.26 Å². The van der Waals surface area contributed by atoms with Gasteiger partial charge in [-0.3, -0.25) is 4.79 Å². The summed E-state index contributed by atoms with van der Waals surface area (Å²) in [6.45, 7) is 4.50. The van der Waals surface area contributed by atoms with Crippen LogP contribution in [-0.2, 0) is 4.79 Å². The van der Waals surface area contributed by atoms with Gasteiger partial charge in [0, 0.05) is 24.9 Å². The zero-order valence-corrected chi connectivity index (χ0v) is 31.5. The minimum atomic E-state index is -2.29. The second kappa shape index (κ2) is 22.2. The Bertz CT molecular complexity index is 1250. The van der Waals surface area contributed by atoms with Crippen molar-refractivity contribution in [1.82, 2.24) is 9.55 Å². The quantitative estimate of drug-likeness (QED) is 0.0585. The number of carbonyl (C=O) groups excluding carboxylic acids is 1. The first-order valence-electron chi connectivity index (χ1n) is 18.3. The highest BCUT2D eigenvalue weighted by molar-refractivity contribution is 7.96. The molecule has 0 fully saturated rings. The number of ketones is 1. The number of Topliss-reactive ketones (excluding diaryl/α,β-unsaturated/α-hetero) is 1. The summed E-state index contributed by atoms with van der Waals surface area (Å²) in [6, 6.07) is 32.7. The number of hydrogen-bond donors (Lipinski definition) is 0. The molecule has 254 valence electrons. The first kappa shape index (κ1) is 38.9. The molecule has 1 aromatic heterocycles. The summed E-state index contributed by atoms with van der Waals surface area (Å²) >= 11 is 0. The maximum atomic E-state index is 14.8. The van der Waals surface area contributed by atoms with Crippen LogP contribution in [0.3, 0.4) is 0 Å². The summed E-state index contributed by atoms with van der Waals surface area (Å²) in [5, 5.41) is 3.84. The van der Waals surface area contributed by atoms with E-state index in [-0.39, 0.29) is 28.7 Å². The topological polar surface area (TPSA) is 34.9 Å². The summed E-state index contributed by atoms with van der Waals surface area (Å²) in [4.78, 5) is 19.2. The van der Waals surface area contributed by atoms with Gasteiger partial charge in [-0.1, -0.05) is 152 Å². The number of carbonyl (C=O) groups is 1. The van der Waals surface area contributed by atoms with E-state index in [1.165, 1.54) is 93.0 Å². The Balaban J connectivity index is 0.00000600. The first-order chi connectivity index (χ1) is 22.7. The lowest BCUT2D eigenvalue weighted by Crippen LogP contribution is -3.00. The van der Waals surface area contributed by atoms with Gasteiger partial charge < -0.3 is 21.5 Å². The van der Waals surface area contributed by atoms with E-state index in [1.807, 2.05) is 12.5 Å². The number of imidazole rings is 1. The molecule has 0 spiro atoms. The minimum absolute atomic E-state index is 0. The summed E-state index contributed by atoms with van der Waals surface area (Å²) in [6.07, 6.45) is 25.7. The lowest BCUT2D eigenvalue weighted by molar-refractivity contribution is -0.119. The maximum absolute atomic E-state index is 14.8. The van der Waals surface area contributed by atoms with E-state index >= 15 is 0 Å². The molecule has 0 N–H and O–H groups in total. The van der Waals surface area contributed by atoms with E-state index in [9.17, 15) is 4.79 Å². The third-order valence-corrected chi connectivity index (χ3v) is 14.7. The zero-order valence-electron chi connectivity index (χ0n) is 29.0. The van der Waals surface area contributed by atoms with Gasteiger partial charge in [-0.25, -0.2) is 4.98 Å². The normalized spacial score (nSPS) is 12.7. The number of unbranched alkanes of at least 4 members (excludes halogenated alkanes) is 12. The van der Waals surface area contributed by atoms with Crippen LogP contribution in [0.1, 0.15) is 123 Å². The number of aromatic nitrogens is 2. The molecule has 0 amide bonds. The minimum Gasteiger partial charge on any atom is -1.00 e.